The van der Waals surface area contributed by atoms with Crippen molar-refractivity contribution in [2.24, 2.45) is 5.92 Å². The molecule has 1 saturated carbocycles. The largest absolute Gasteiger partial charge is 0.382 e. The highest BCUT2D eigenvalue weighted by atomic mass is 35.5. The number of hydrogen-bond donors (Lipinski definition) is 3. The van der Waals surface area contributed by atoms with Gasteiger partial charge < -0.3 is 15.7 Å². The molecule has 6 heteroatoms. The molecule has 22 heavy (non-hydrogen) atoms. The highest BCUT2D eigenvalue weighted by Crippen LogP contribution is 2.46. The molecule has 2 aromatic rings. The van der Waals surface area contributed by atoms with Crippen LogP contribution in [0.3, 0.4) is 0 Å². The summed E-state index contributed by atoms with van der Waals surface area (Å²) in [5, 5.41) is 18.8. The summed E-state index contributed by atoms with van der Waals surface area (Å²) in [4.78, 5) is 12.9. The Bertz CT molecular complexity index is 658. The summed E-state index contributed by atoms with van der Waals surface area (Å²) in [6.45, 7) is 0.189. The number of halogens is 1. The van der Waals surface area contributed by atoms with Crippen LogP contribution < -0.4 is 10.6 Å². The van der Waals surface area contributed by atoms with Gasteiger partial charge in [-0.3, -0.25) is 0 Å². The molecule has 1 aliphatic rings. The van der Waals surface area contributed by atoms with Gasteiger partial charge in [-0.2, -0.15) is 0 Å². The number of nitrogens with one attached hydrogen (secondary N) is 2. The first-order valence-corrected chi connectivity index (χ1v) is 8.41. The molecule has 0 radical (unpaired) electrons. The summed E-state index contributed by atoms with van der Waals surface area (Å²) in [6.07, 6.45) is 1.98. The Hall–Kier alpha value is -1.56. The van der Waals surface area contributed by atoms with Crippen LogP contribution in [0.15, 0.2) is 41.8 Å². The van der Waals surface area contributed by atoms with Crippen molar-refractivity contribution in [3.05, 3.63) is 51.7 Å². The molecular weight excluding hydrogens is 320 g/mol. The molecule has 2 amide bonds. The summed E-state index contributed by atoms with van der Waals surface area (Å²) in [7, 11) is 0. The molecule has 1 aromatic heterocycles. The van der Waals surface area contributed by atoms with E-state index in [1.165, 1.54) is 11.3 Å². The van der Waals surface area contributed by atoms with Gasteiger partial charge in [0, 0.05) is 4.88 Å². The average molecular weight is 337 g/mol. The third-order valence-electron chi connectivity index (χ3n) is 3.84. The van der Waals surface area contributed by atoms with Crippen molar-refractivity contribution in [2.45, 2.75) is 18.4 Å². The molecule has 0 aliphatic heterocycles. The van der Waals surface area contributed by atoms with Gasteiger partial charge in [0.1, 0.15) is 5.60 Å². The third-order valence-corrected chi connectivity index (χ3v) is 5.21. The maximum atomic E-state index is 12.0. The number of urea groups is 1. The average Bonchev–Trinajstić information content (AvgIpc) is 3.22. The van der Waals surface area contributed by atoms with Gasteiger partial charge in [0.2, 0.25) is 0 Å². The lowest BCUT2D eigenvalue weighted by Crippen LogP contribution is -2.43. The van der Waals surface area contributed by atoms with Crippen LogP contribution in [0.4, 0.5) is 10.5 Å². The fourth-order valence-corrected chi connectivity index (χ4v) is 3.55. The summed E-state index contributed by atoms with van der Waals surface area (Å²) in [5.41, 5.74) is -0.431. The lowest BCUT2D eigenvalue weighted by Gasteiger charge is -2.27. The minimum Gasteiger partial charge on any atom is -0.382 e. The molecule has 1 atom stereocenters. The predicted molar refractivity (Wildman–Crippen MR) is 89.4 cm³/mol. The van der Waals surface area contributed by atoms with Crippen LogP contribution in [0, 0.1) is 5.92 Å². The number of hydrogen-bond acceptors (Lipinski definition) is 3. The molecule has 1 heterocycles. The van der Waals surface area contributed by atoms with Crippen molar-refractivity contribution in [2.75, 3.05) is 11.9 Å². The molecule has 1 aliphatic carbocycles. The number of para-hydroxylation sites is 1. The maximum absolute atomic E-state index is 12.0. The summed E-state index contributed by atoms with van der Waals surface area (Å²) >= 11 is 7.52. The minimum atomic E-state index is -0.980. The second-order valence-corrected chi connectivity index (χ2v) is 6.82. The van der Waals surface area contributed by atoms with Gasteiger partial charge in [0.15, 0.2) is 0 Å². The molecule has 0 saturated heterocycles. The van der Waals surface area contributed by atoms with Gasteiger partial charge >= 0.3 is 6.03 Å². The quantitative estimate of drug-likeness (QED) is 0.777. The van der Waals surface area contributed by atoms with Crippen LogP contribution in [-0.4, -0.2) is 17.7 Å². The van der Waals surface area contributed by atoms with Gasteiger partial charge in [0.05, 0.1) is 17.3 Å². The highest BCUT2D eigenvalue weighted by molar-refractivity contribution is 7.10. The second kappa shape index (κ2) is 6.28. The zero-order chi connectivity index (χ0) is 15.6. The summed E-state index contributed by atoms with van der Waals surface area (Å²) in [6, 6.07) is 10.5. The molecule has 3 N–H and O–H groups in total. The van der Waals surface area contributed by atoms with E-state index in [4.69, 9.17) is 11.6 Å². The first kappa shape index (κ1) is 15.3. The fourth-order valence-electron chi connectivity index (χ4n) is 2.46. The van der Waals surface area contributed by atoms with Crippen LogP contribution in [0.1, 0.15) is 17.7 Å². The van der Waals surface area contributed by atoms with Gasteiger partial charge in [-0.25, -0.2) is 4.79 Å². The normalized spacial score (nSPS) is 16.8. The van der Waals surface area contributed by atoms with Crippen molar-refractivity contribution < 1.29 is 9.90 Å². The molecule has 0 spiro atoms. The van der Waals surface area contributed by atoms with Gasteiger partial charge in [-0.05, 0) is 42.3 Å². The van der Waals surface area contributed by atoms with Gasteiger partial charge in [0.25, 0.3) is 0 Å². The van der Waals surface area contributed by atoms with Crippen molar-refractivity contribution in [3.63, 3.8) is 0 Å². The standard InChI is InChI=1S/C16H17ClN2O2S/c17-12-4-1-2-5-13(12)19-15(20)18-10-16(21,11-7-8-11)14-6-3-9-22-14/h1-6,9,11,21H,7-8,10H2,(H2,18,19,20)/t16-/m1/s1. The first-order valence-electron chi connectivity index (χ1n) is 7.15. The molecule has 0 bridgehead atoms. The summed E-state index contributed by atoms with van der Waals surface area (Å²) in [5.74, 6) is 0.215. The molecule has 4 nitrogen and oxygen atoms in total. The van der Waals surface area contributed by atoms with Crippen LogP contribution >= 0.6 is 22.9 Å². The fraction of sp³-hybridized carbons (Fsp3) is 0.312. The number of rotatable bonds is 5. The first-order chi connectivity index (χ1) is 10.6. The number of carbonyl (C=O) groups excluding carboxylic acids is 1. The van der Waals surface area contributed by atoms with Crippen molar-refractivity contribution >= 4 is 34.7 Å². The van der Waals surface area contributed by atoms with Crippen LogP contribution in [0.5, 0.6) is 0 Å². The Labute approximate surface area is 138 Å². The third kappa shape index (κ3) is 3.27. The predicted octanol–water partition coefficient (Wildman–Crippen LogP) is 3.82. The highest BCUT2D eigenvalue weighted by Gasteiger charge is 2.45. The monoisotopic (exact) mass is 336 g/mol. The minimum absolute atomic E-state index is 0.189. The Morgan fingerprint density at radius 2 is 2.09 bits per heavy atom. The molecular formula is C16H17ClN2O2S. The molecule has 1 aromatic carbocycles. The van der Waals surface area contributed by atoms with E-state index in [2.05, 4.69) is 10.6 Å². The Morgan fingerprint density at radius 3 is 2.73 bits per heavy atom. The van der Waals surface area contributed by atoms with Crippen LogP contribution in [0.25, 0.3) is 0 Å². The SMILES string of the molecule is O=C(NC[C@](O)(c1cccs1)C1CC1)Nc1ccccc1Cl. The zero-order valence-electron chi connectivity index (χ0n) is 11.9. The topological polar surface area (TPSA) is 61.4 Å². The lowest BCUT2D eigenvalue weighted by molar-refractivity contribution is 0.0200. The second-order valence-electron chi connectivity index (χ2n) is 5.46. The number of benzene rings is 1. The molecule has 116 valence electrons. The van der Waals surface area contributed by atoms with Gasteiger partial charge in [-0.1, -0.05) is 29.8 Å². The summed E-state index contributed by atoms with van der Waals surface area (Å²) < 4.78 is 0. The smallest absolute Gasteiger partial charge is 0.319 e. The van der Waals surface area contributed by atoms with Gasteiger partial charge in [-0.15, -0.1) is 11.3 Å². The van der Waals surface area contributed by atoms with Crippen LogP contribution in [-0.2, 0) is 5.60 Å². The van der Waals surface area contributed by atoms with E-state index in [0.717, 1.165) is 17.7 Å². The van der Waals surface area contributed by atoms with Crippen molar-refractivity contribution in [1.82, 2.24) is 5.32 Å². The molecule has 1 fully saturated rings. The van der Waals surface area contributed by atoms with Crippen molar-refractivity contribution in [3.8, 4) is 0 Å². The number of aliphatic hydroxyl groups is 1. The lowest BCUT2D eigenvalue weighted by atomic mass is 9.96. The van der Waals surface area contributed by atoms with E-state index in [1.54, 1.807) is 24.3 Å². The Balaban J connectivity index is 1.63. The molecule has 3 rings (SSSR count). The van der Waals surface area contributed by atoms with E-state index in [0.29, 0.717) is 10.7 Å². The zero-order valence-corrected chi connectivity index (χ0v) is 13.5. The maximum Gasteiger partial charge on any atom is 0.319 e. The van der Waals surface area contributed by atoms with E-state index < -0.39 is 5.60 Å². The Morgan fingerprint density at radius 1 is 1.32 bits per heavy atom. The number of anilines is 1. The van der Waals surface area contributed by atoms with E-state index in [-0.39, 0.29) is 18.5 Å². The Kier molecular flexibility index (Phi) is 4.38. The van der Waals surface area contributed by atoms with E-state index >= 15 is 0 Å². The van der Waals surface area contributed by atoms with Crippen LogP contribution in [0.2, 0.25) is 5.02 Å². The number of amides is 2. The van der Waals surface area contributed by atoms with Crippen molar-refractivity contribution in [1.29, 1.82) is 0 Å². The number of carbonyl (C=O) groups is 1. The molecule has 0 unspecified atom stereocenters. The number of thiophene rings is 1. The van der Waals surface area contributed by atoms with E-state index in [1.807, 2.05) is 17.5 Å². The van der Waals surface area contributed by atoms with E-state index in [9.17, 15) is 9.90 Å².